The lowest BCUT2D eigenvalue weighted by Crippen LogP contribution is -2.21. The molecule has 1 aliphatic carbocycles. The molecule has 0 atom stereocenters. The summed E-state index contributed by atoms with van der Waals surface area (Å²) in [4.78, 5) is 12.3. The SMILES string of the molecule is O=C(Nc1cnn(CC2CC2)c1)C1=Cc2ccccc2OC1. The molecule has 0 radical (unpaired) electrons. The molecule has 5 heteroatoms. The first-order valence-electron chi connectivity index (χ1n) is 7.54. The number of rotatable bonds is 4. The van der Waals surface area contributed by atoms with Crippen molar-refractivity contribution in [3.8, 4) is 5.75 Å². The molecule has 0 spiro atoms. The van der Waals surface area contributed by atoms with Crippen molar-refractivity contribution >= 4 is 17.7 Å². The Morgan fingerprint density at radius 2 is 2.23 bits per heavy atom. The highest BCUT2D eigenvalue weighted by Crippen LogP contribution is 2.30. The van der Waals surface area contributed by atoms with Crippen LogP contribution in [0.25, 0.3) is 6.08 Å². The molecule has 0 saturated heterocycles. The molecule has 5 nitrogen and oxygen atoms in total. The number of hydrogen-bond donors (Lipinski definition) is 1. The molecule has 1 aromatic heterocycles. The van der Waals surface area contributed by atoms with E-state index in [-0.39, 0.29) is 5.91 Å². The Hall–Kier alpha value is -2.56. The number of nitrogens with one attached hydrogen (secondary N) is 1. The number of para-hydroxylation sites is 1. The van der Waals surface area contributed by atoms with Crippen molar-refractivity contribution in [3.05, 3.63) is 47.8 Å². The molecule has 1 fully saturated rings. The van der Waals surface area contributed by atoms with Gasteiger partial charge in [-0.25, -0.2) is 0 Å². The zero-order chi connectivity index (χ0) is 14.9. The number of aromatic nitrogens is 2. The number of ether oxygens (including phenoxy) is 1. The standard InChI is InChI=1S/C17H17N3O2/c21-17(14-7-13-3-1-2-4-16(13)22-11-14)19-15-8-18-20(10-15)9-12-5-6-12/h1-4,7-8,10,12H,5-6,9,11H2,(H,19,21). The number of amides is 1. The van der Waals surface area contributed by atoms with Gasteiger partial charge in [-0.05, 0) is 30.9 Å². The first-order chi connectivity index (χ1) is 10.8. The van der Waals surface area contributed by atoms with E-state index in [0.717, 1.165) is 29.5 Å². The van der Waals surface area contributed by atoms with E-state index in [4.69, 9.17) is 4.74 Å². The molecule has 1 aliphatic heterocycles. The fourth-order valence-corrected chi connectivity index (χ4v) is 2.55. The highest BCUT2D eigenvalue weighted by Gasteiger charge is 2.22. The van der Waals surface area contributed by atoms with Crippen LogP contribution in [-0.2, 0) is 11.3 Å². The van der Waals surface area contributed by atoms with Gasteiger partial charge in [-0.2, -0.15) is 5.10 Å². The van der Waals surface area contributed by atoms with E-state index in [2.05, 4.69) is 10.4 Å². The average molecular weight is 295 g/mol. The van der Waals surface area contributed by atoms with Crippen LogP contribution >= 0.6 is 0 Å². The fraction of sp³-hybridized carbons (Fsp3) is 0.294. The van der Waals surface area contributed by atoms with Gasteiger partial charge in [-0.15, -0.1) is 0 Å². The minimum absolute atomic E-state index is 0.138. The molecule has 0 bridgehead atoms. The minimum Gasteiger partial charge on any atom is -0.488 e. The lowest BCUT2D eigenvalue weighted by molar-refractivity contribution is -0.113. The van der Waals surface area contributed by atoms with Crippen LogP contribution in [0.1, 0.15) is 18.4 Å². The van der Waals surface area contributed by atoms with E-state index in [9.17, 15) is 4.79 Å². The lowest BCUT2D eigenvalue weighted by atomic mass is 10.1. The van der Waals surface area contributed by atoms with Crippen LogP contribution in [-0.4, -0.2) is 22.3 Å². The summed E-state index contributed by atoms with van der Waals surface area (Å²) in [6, 6.07) is 7.70. The molecule has 1 amide bonds. The van der Waals surface area contributed by atoms with Gasteiger partial charge in [0.25, 0.3) is 5.91 Å². The summed E-state index contributed by atoms with van der Waals surface area (Å²) in [6.45, 7) is 1.23. The van der Waals surface area contributed by atoms with Gasteiger partial charge in [0, 0.05) is 18.3 Å². The summed E-state index contributed by atoms with van der Waals surface area (Å²) < 4.78 is 7.51. The van der Waals surface area contributed by atoms with Crippen LogP contribution in [0.3, 0.4) is 0 Å². The van der Waals surface area contributed by atoms with Gasteiger partial charge < -0.3 is 10.1 Å². The summed E-state index contributed by atoms with van der Waals surface area (Å²) in [7, 11) is 0. The molecule has 2 aromatic rings. The topological polar surface area (TPSA) is 56.2 Å². The van der Waals surface area contributed by atoms with Crippen molar-refractivity contribution in [2.24, 2.45) is 5.92 Å². The van der Waals surface area contributed by atoms with Crippen LogP contribution in [0.4, 0.5) is 5.69 Å². The summed E-state index contributed by atoms with van der Waals surface area (Å²) in [5.41, 5.74) is 2.28. The Morgan fingerprint density at radius 1 is 1.36 bits per heavy atom. The van der Waals surface area contributed by atoms with Crippen LogP contribution in [0, 0.1) is 5.92 Å². The molecule has 2 heterocycles. The number of carbonyl (C=O) groups excluding carboxylic acids is 1. The Labute approximate surface area is 128 Å². The Morgan fingerprint density at radius 3 is 3.09 bits per heavy atom. The largest absolute Gasteiger partial charge is 0.488 e. The van der Waals surface area contributed by atoms with Crippen molar-refractivity contribution in [3.63, 3.8) is 0 Å². The van der Waals surface area contributed by atoms with Crippen LogP contribution in [0.5, 0.6) is 5.75 Å². The third kappa shape index (κ3) is 2.74. The molecule has 22 heavy (non-hydrogen) atoms. The average Bonchev–Trinajstić information content (AvgIpc) is 3.25. The number of carbonyl (C=O) groups is 1. The smallest absolute Gasteiger partial charge is 0.255 e. The summed E-state index contributed by atoms with van der Waals surface area (Å²) in [5, 5.41) is 7.17. The first kappa shape index (κ1) is 13.1. The predicted molar refractivity (Wildman–Crippen MR) is 83.5 cm³/mol. The van der Waals surface area contributed by atoms with Gasteiger partial charge >= 0.3 is 0 Å². The molecule has 2 aliphatic rings. The summed E-state index contributed by atoms with van der Waals surface area (Å²) in [6.07, 6.45) is 8.02. The second-order valence-electron chi connectivity index (χ2n) is 5.84. The van der Waals surface area contributed by atoms with E-state index in [0.29, 0.717) is 12.2 Å². The summed E-state index contributed by atoms with van der Waals surface area (Å²) >= 11 is 0. The van der Waals surface area contributed by atoms with E-state index >= 15 is 0 Å². The van der Waals surface area contributed by atoms with E-state index in [1.54, 1.807) is 6.20 Å². The fourth-order valence-electron chi connectivity index (χ4n) is 2.55. The highest BCUT2D eigenvalue weighted by atomic mass is 16.5. The van der Waals surface area contributed by atoms with Gasteiger partial charge in [-0.1, -0.05) is 18.2 Å². The highest BCUT2D eigenvalue weighted by molar-refractivity contribution is 6.07. The van der Waals surface area contributed by atoms with Crippen LogP contribution in [0.15, 0.2) is 42.2 Å². The predicted octanol–water partition coefficient (Wildman–Crippen LogP) is 2.71. The van der Waals surface area contributed by atoms with Crippen LogP contribution in [0.2, 0.25) is 0 Å². The second-order valence-corrected chi connectivity index (χ2v) is 5.84. The molecule has 0 unspecified atom stereocenters. The Kier molecular flexibility index (Phi) is 3.18. The van der Waals surface area contributed by atoms with Gasteiger partial charge in [0.05, 0.1) is 17.5 Å². The molecule has 112 valence electrons. The maximum atomic E-state index is 12.3. The molecule has 1 aromatic carbocycles. The van der Waals surface area contributed by atoms with Gasteiger partial charge in [0.2, 0.25) is 0 Å². The quantitative estimate of drug-likeness (QED) is 0.943. The third-order valence-electron chi connectivity index (χ3n) is 3.96. The van der Waals surface area contributed by atoms with Crippen molar-refractivity contribution in [1.29, 1.82) is 0 Å². The molecular weight excluding hydrogens is 278 g/mol. The normalized spacial score (nSPS) is 16.5. The maximum absolute atomic E-state index is 12.3. The van der Waals surface area contributed by atoms with Crippen molar-refractivity contribution < 1.29 is 9.53 Å². The zero-order valence-electron chi connectivity index (χ0n) is 12.2. The van der Waals surface area contributed by atoms with E-state index in [1.165, 1.54) is 12.8 Å². The van der Waals surface area contributed by atoms with Crippen molar-refractivity contribution in [2.75, 3.05) is 11.9 Å². The van der Waals surface area contributed by atoms with E-state index < -0.39 is 0 Å². The third-order valence-corrected chi connectivity index (χ3v) is 3.96. The molecular formula is C17H17N3O2. The lowest BCUT2D eigenvalue weighted by Gasteiger charge is -2.17. The van der Waals surface area contributed by atoms with E-state index in [1.807, 2.05) is 41.2 Å². The van der Waals surface area contributed by atoms with Gasteiger partial charge in [0.15, 0.2) is 0 Å². The Bertz CT molecular complexity index is 744. The number of anilines is 1. The van der Waals surface area contributed by atoms with Crippen molar-refractivity contribution in [2.45, 2.75) is 19.4 Å². The number of hydrogen-bond acceptors (Lipinski definition) is 3. The number of benzene rings is 1. The molecule has 1 saturated carbocycles. The van der Waals surface area contributed by atoms with Gasteiger partial charge in [-0.3, -0.25) is 9.48 Å². The second kappa shape index (κ2) is 5.33. The minimum atomic E-state index is -0.138. The van der Waals surface area contributed by atoms with Crippen molar-refractivity contribution in [1.82, 2.24) is 9.78 Å². The maximum Gasteiger partial charge on any atom is 0.255 e. The monoisotopic (exact) mass is 295 g/mol. The first-order valence-corrected chi connectivity index (χ1v) is 7.54. The Balaban J connectivity index is 1.46. The van der Waals surface area contributed by atoms with Gasteiger partial charge in [0.1, 0.15) is 12.4 Å². The van der Waals surface area contributed by atoms with Crippen LogP contribution < -0.4 is 10.1 Å². The number of fused-ring (bicyclic) bond motifs is 1. The summed E-state index contributed by atoms with van der Waals surface area (Å²) in [5.74, 6) is 1.44. The number of nitrogens with zero attached hydrogens (tertiary/aromatic N) is 2. The zero-order valence-corrected chi connectivity index (χ0v) is 12.2. The molecule has 1 N–H and O–H groups in total. The molecule has 4 rings (SSSR count).